The summed E-state index contributed by atoms with van der Waals surface area (Å²) in [5, 5.41) is 19.6. The van der Waals surface area contributed by atoms with Gasteiger partial charge >= 0.3 is 0 Å². The third-order valence-corrected chi connectivity index (χ3v) is 3.79. The molecule has 0 spiro atoms. The van der Waals surface area contributed by atoms with Gasteiger partial charge in [0.1, 0.15) is 17.2 Å². The maximum absolute atomic E-state index is 10.1. The fourth-order valence-corrected chi connectivity index (χ4v) is 2.74. The normalized spacial score (nSPS) is 12.1. The Morgan fingerprint density at radius 2 is 1.86 bits per heavy atom. The zero-order valence-electron chi connectivity index (χ0n) is 12.8. The lowest BCUT2D eigenvalue weighted by Crippen LogP contribution is -2.02. The molecular formula is C18H22O3. The third-order valence-electron chi connectivity index (χ3n) is 3.79. The van der Waals surface area contributed by atoms with Crippen molar-refractivity contribution in [2.45, 2.75) is 32.6 Å². The van der Waals surface area contributed by atoms with Gasteiger partial charge in [0.15, 0.2) is 0 Å². The van der Waals surface area contributed by atoms with E-state index in [0.29, 0.717) is 0 Å². The summed E-state index contributed by atoms with van der Waals surface area (Å²) < 4.78 is 5.30. The van der Waals surface area contributed by atoms with Crippen LogP contribution in [0.15, 0.2) is 36.4 Å². The van der Waals surface area contributed by atoms with Crippen LogP contribution in [0.25, 0.3) is 0 Å². The maximum Gasteiger partial charge on any atom is 0.123 e. The second kappa shape index (κ2) is 6.53. The second-order valence-corrected chi connectivity index (χ2v) is 5.31. The van der Waals surface area contributed by atoms with Crippen LogP contribution in [0.2, 0.25) is 0 Å². The molecule has 0 aliphatic heterocycles. The Balaban J connectivity index is 2.45. The molecule has 1 unspecified atom stereocenters. The highest BCUT2D eigenvalue weighted by molar-refractivity contribution is 5.47. The van der Waals surface area contributed by atoms with Crippen molar-refractivity contribution in [2.24, 2.45) is 0 Å². The van der Waals surface area contributed by atoms with Crippen molar-refractivity contribution in [1.29, 1.82) is 0 Å². The number of benzene rings is 2. The third kappa shape index (κ3) is 3.30. The minimum atomic E-state index is 0.0809. The summed E-state index contributed by atoms with van der Waals surface area (Å²) in [4.78, 5) is 0. The number of hydrogen-bond acceptors (Lipinski definition) is 3. The van der Waals surface area contributed by atoms with Crippen molar-refractivity contribution in [3.63, 3.8) is 0 Å². The molecule has 0 heterocycles. The maximum atomic E-state index is 10.1. The molecule has 0 bridgehead atoms. The van der Waals surface area contributed by atoms with Crippen LogP contribution in [0, 0.1) is 6.92 Å². The average molecular weight is 286 g/mol. The van der Waals surface area contributed by atoms with Gasteiger partial charge in [-0.05, 0) is 36.6 Å². The van der Waals surface area contributed by atoms with Crippen LogP contribution in [0.3, 0.4) is 0 Å². The van der Waals surface area contributed by atoms with E-state index in [9.17, 15) is 10.2 Å². The first-order chi connectivity index (χ1) is 10.1. The summed E-state index contributed by atoms with van der Waals surface area (Å²) in [5.41, 5.74) is 3.07. The van der Waals surface area contributed by atoms with Crippen molar-refractivity contribution < 1.29 is 14.9 Å². The number of rotatable bonds is 5. The van der Waals surface area contributed by atoms with Crippen LogP contribution in [-0.2, 0) is 0 Å². The molecular weight excluding hydrogens is 264 g/mol. The van der Waals surface area contributed by atoms with Crippen LogP contribution in [0.4, 0.5) is 0 Å². The van der Waals surface area contributed by atoms with Gasteiger partial charge in [-0.15, -0.1) is 0 Å². The topological polar surface area (TPSA) is 49.7 Å². The first-order valence-electron chi connectivity index (χ1n) is 7.23. The molecule has 2 aromatic carbocycles. The lowest BCUT2D eigenvalue weighted by molar-refractivity contribution is 0.411. The van der Waals surface area contributed by atoms with Crippen molar-refractivity contribution in [3.8, 4) is 17.2 Å². The van der Waals surface area contributed by atoms with Gasteiger partial charge in [0.2, 0.25) is 0 Å². The van der Waals surface area contributed by atoms with E-state index in [1.165, 1.54) is 6.07 Å². The summed E-state index contributed by atoms with van der Waals surface area (Å²) in [6, 6.07) is 10.9. The molecule has 2 rings (SSSR count). The Hall–Kier alpha value is -2.16. The minimum Gasteiger partial charge on any atom is -0.508 e. The standard InChI is InChI=1S/C18H22O3/c1-4-5-15(16-8-7-14(19)11-17(16)20)13-6-9-18(21-3)12(2)10-13/h6-11,15,19-20H,4-5H2,1-3H3. The molecule has 21 heavy (non-hydrogen) atoms. The van der Waals surface area contributed by atoms with Gasteiger partial charge in [-0.1, -0.05) is 31.5 Å². The van der Waals surface area contributed by atoms with E-state index in [0.717, 1.165) is 35.3 Å². The molecule has 3 nitrogen and oxygen atoms in total. The Morgan fingerprint density at radius 3 is 2.43 bits per heavy atom. The average Bonchev–Trinajstić information content (AvgIpc) is 2.45. The summed E-state index contributed by atoms with van der Waals surface area (Å²) in [5.74, 6) is 1.20. The van der Waals surface area contributed by atoms with Crippen LogP contribution in [0.5, 0.6) is 17.2 Å². The van der Waals surface area contributed by atoms with Crippen LogP contribution in [0.1, 0.15) is 42.4 Å². The minimum absolute atomic E-state index is 0.0809. The molecule has 0 saturated heterocycles. The molecule has 1 atom stereocenters. The van der Waals surface area contributed by atoms with E-state index in [1.54, 1.807) is 19.2 Å². The Bertz CT molecular complexity index is 620. The number of methoxy groups -OCH3 is 1. The predicted octanol–water partition coefficient (Wildman–Crippen LogP) is 4.35. The lowest BCUT2D eigenvalue weighted by Gasteiger charge is -2.20. The smallest absolute Gasteiger partial charge is 0.123 e. The second-order valence-electron chi connectivity index (χ2n) is 5.31. The van der Waals surface area contributed by atoms with E-state index < -0.39 is 0 Å². The zero-order valence-corrected chi connectivity index (χ0v) is 12.8. The molecule has 2 aromatic rings. The largest absolute Gasteiger partial charge is 0.508 e. The van der Waals surface area contributed by atoms with Gasteiger partial charge in [-0.25, -0.2) is 0 Å². The van der Waals surface area contributed by atoms with Crippen molar-refractivity contribution in [1.82, 2.24) is 0 Å². The molecule has 0 aromatic heterocycles. The zero-order chi connectivity index (χ0) is 15.4. The fourth-order valence-electron chi connectivity index (χ4n) is 2.74. The summed E-state index contributed by atoms with van der Waals surface area (Å²) >= 11 is 0. The van der Waals surface area contributed by atoms with Gasteiger partial charge < -0.3 is 14.9 Å². The van der Waals surface area contributed by atoms with Gasteiger partial charge in [0, 0.05) is 17.5 Å². The van der Waals surface area contributed by atoms with Gasteiger partial charge in [-0.2, -0.15) is 0 Å². The Labute approximate surface area is 125 Å². The highest BCUT2D eigenvalue weighted by atomic mass is 16.5. The molecule has 0 aliphatic rings. The van der Waals surface area contributed by atoms with Crippen molar-refractivity contribution in [2.75, 3.05) is 7.11 Å². The Kier molecular flexibility index (Phi) is 4.73. The summed E-state index contributed by atoms with van der Waals surface area (Å²) in [6.07, 6.45) is 1.94. The van der Waals surface area contributed by atoms with Crippen molar-refractivity contribution in [3.05, 3.63) is 53.1 Å². The van der Waals surface area contributed by atoms with E-state index >= 15 is 0 Å². The molecule has 0 amide bonds. The predicted molar refractivity (Wildman–Crippen MR) is 84.3 cm³/mol. The molecule has 112 valence electrons. The van der Waals surface area contributed by atoms with Crippen LogP contribution < -0.4 is 4.74 Å². The first kappa shape index (κ1) is 15.2. The van der Waals surface area contributed by atoms with Gasteiger partial charge in [0.05, 0.1) is 7.11 Å². The van der Waals surface area contributed by atoms with E-state index in [2.05, 4.69) is 13.0 Å². The van der Waals surface area contributed by atoms with Crippen LogP contribution >= 0.6 is 0 Å². The monoisotopic (exact) mass is 286 g/mol. The molecule has 0 aliphatic carbocycles. The number of hydrogen-bond donors (Lipinski definition) is 2. The Morgan fingerprint density at radius 1 is 1.10 bits per heavy atom. The van der Waals surface area contributed by atoms with E-state index in [1.807, 2.05) is 19.1 Å². The number of aromatic hydroxyl groups is 2. The SMILES string of the molecule is CCCC(c1ccc(OC)c(C)c1)c1ccc(O)cc1O. The highest BCUT2D eigenvalue weighted by Gasteiger charge is 2.18. The van der Waals surface area contributed by atoms with Crippen LogP contribution in [-0.4, -0.2) is 17.3 Å². The number of phenols is 2. The van der Waals surface area contributed by atoms with Crippen molar-refractivity contribution >= 4 is 0 Å². The number of phenolic OH excluding ortho intramolecular Hbond substituents is 2. The number of aryl methyl sites for hydroxylation is 1. The molecule has 0 radical (unpaired) electrons. The fraction of sp³-hybridized carbons (Fsp3) is 0.333. The number of ether oxygens (including phenoxy) is 1. The van der Waals surface area contributed by atoms with Gasteiger partial charge in [0.25, 0.3) is 0 Å². The van der Waals surface area contributed by atoms with Gasteiger partial charge in [-0.3, -0.25) is 0 Å². The molecule has 2 N–H and O–H groups in total. The van der Waals surface area contributed by atoms with E-state index in [4.69, 9.17) is 4.74 Å². The molecule has 0 saturated carbocycles. The first-order valence-corrected chi connectivity index (χ1v) is 7.23. The summed E-state index contributed by atoms with van der Waals surface area (Å²) in [6.45, 7) is 4.14. The van der Waals surface area contributed by atoms with E-state index in [-0.39, 0.29) is 17.4 Å². The molecule has 3 heteroatoms. The molecule has 0 fully saturated rings. The highest BCUT2D eigenvalue weighted by Crippen LogP contribution is 2.37. The quantitative estimate of drug-likeness (QED) is 0.859. The summed E-state index contributed by atoms with van der Waals surface area (Å²) in [7, 11) is 1.66. The lowest BCUT2D eigenvalue weighted by atomic mass is 9.86.